The Kier molecular flexibility index (Phi) is 8.30. The number of hydrogen-bond acceptors (Lipinski definition) is 4. The van der Waals surface area contributed by atoms with E-state index in [2.05, 4.69) is 9.98 Å². The van der Waals surface area contributed by atoms with Gasteiger partial charge in [0.15, 0.2) is 0 Å². The van der Waals surface area contributed by atoms with E-state index in [9.17, 15) is 8.78 Å². The number of benzene rings is 2. The fourth-order valence-electron chi connectivity index (χ4n) is 5.07. The molecule has 2 aromatic carbocycles. The minimum absolute atomic E-state index is 0.209. The summed E-state index contributed by atoms with van der Waals surface area (Å²) < 4.78 is 91.8. The summed E-state index contributed by atoms with van der Waals surface area (Å²) in [5.41, 5.74) is -1.54. The Labute approximate surface area is 254 Å². The molecular formula is C33H28F6N2S2. The van der Waals surface area contributed by atoms with E-state index in [1.807, 2.05) is 74.5 Å². The van der Waals surface area contributed by atoms with Gasteiger partial charge in [-0.25, -0.2) is 0 Å². The van der Waals surface area contributed by atoms with Gasteiger partial charge in [0, 0.05) is 43.1 Å². The average molecular weight is 631 g/mol. The van der Waals surface area contributed by atoms with E-state index in [1.165, 1.54) is 38.4 Å². The van der Waals surface area contributed by atoms with Crippen LogP contribution in [0.25, 0.3) is 11.1 Å². The molecule has 10 heteroatoms. The Bertz CT molecular complexity index is 1580. The number of thiophene rings is 2. The molecule has 2 atom stereocenters. The number of halogens is 6. The van der Waals surface area contributed by atoms with Gasteiger partial charge in [-0.3, -0.25) is 9.98 Å². The summed E-state index contributed by atoms with van der Waals surface area (Å²) in [7, 11) is 0. The van der Waals surface area contributed by atoms with E-state index < -0.39 is 28.9 Å². The highest BCUT2D eigenvalue weighted by Gasteiger charge is 2.80. The predicted octanol–water partition coefficient (Wildman–Crippen LogP) is 10.6. The zero-order valence-electron chi connectivity index (χ0n) is 23.7. The number of aliphatic imine (C=N–C) groups is 2. The fourth-order valence-corrected chi connectivity index (χ4v) is 6.90. The van der Waals surface area contributed by atoms with E-state index in [0.717, 1.165) is 33.8 Å². The maximum atomic E-state index is 15.5. The second-order valence-electron chi connectivity index (χ2n) is 10.4. The first-order valence-electron chi connectivity index (χ1n) is 13.5. The van der Waals surface area contributed by atoms with E-state index in [0.29, 0.717) is 9.75 Å². The molecule has 2 unspecified atom stereocenters. The van der Waals surface area contributed by atoms with Crippen molar-refractivity contribution in [2.45, 2.75) is 57.5 Å². The molecule has 0 spiro atoms. The van der Waals surface area contributed by atoms with E-state index in [1.54, 1.807) is 0 Å². The number of nitrogens with zero attached hydrogens (tertiary/aromatic N) is 2. The molecule has 0 bridgehead atoms. The van der Waals surface area contributed by atoms with E-state index in [4.69, 9.17) is 0 Å². The number of allylic oxidation sites excluding steroid dienone is 2. The molecule has 0 radical (unpaired) electrons. The molecule has 0 saturated carbocycles. The molecule has 1 aliphatic carbocycles. The standard InChI is InChI=1S/C33H28F6N2S2/c1-19(23-11-7-5-8-12-23)40-17-25-15-27(21(3)42-25)29-30(32(36,37)33(38,39)31(29,34)35)28-16-26(43-22(28)4)18-41-20(2)24-13-9-6-10-14-24/h5-20H,1-4H3. The van der Waals surface area contributed by atoms with Crippen LogP contribution in [0.3, 0.4) is 0 Å². The molecule has 1 aliphatic rings. The number of rotatable bonds is 8. The van der Waals surface area contributed by atoms with Gasteiger partial charge in [-0.2, -0.15) is 26.3 Å². The molecule has 0 fully saturated rings. The number of aryl methyl sites for hydroxylation is 2. The minimum atomic E-state index is -5.63. The summed E-state index contributed by atoms with van der Waals surface area (Å²) in [6, 6.07) is 20.7. The van der Waals surface area contributed by atoms with Crippen LogP contribution in [0.1, 0.15) is 67.7 Å². The van der Waals surface area contributed by atoms with Crippen molar-refractivity contribution < 1.29 is 26.3 Å². The van der Waals surface area contributed by atoms with Gasteiger partial charge in [-0.15, -0.1) is 22.7 Å². The van der Waals surface area contributed by atoms with Crippen LogP contribution in [-0.2, 0) is 0 Å². The summed E-state index contributed by atoms with van der Waals surface area (Å²) in [4.78, 5) is 10.1. The molecule has 0 saturated heterocycles. The van der Waals surface area contributed by atoms with Gasteiger partial charge in [-0.05, 0) is 62.1 Å². The summed E-state index contributed by atoms with van der Waals surface area (Å²) >= 11 is 2.06. The van der Waals surface area contributed by atoms with Crippen molar-refractivity contribution in [1.29, 1.82) is 0 Å². The maximum absolute atomic E-state index is 15.5. The van der Waals surface area contributed by atoms with Gasteiger partial charge in [0.25, 0.3) is 0 Å². The third kappa shape index (κ3) is 5.51. The summed E-state index contributed by atoms with van der Waals surface area (Å²) in [5, 5.41) is 0. The Morgan fingerprint density at radius 3 is 1.30 bits per heavy atom. The van der Waals surface area contributed by atoms with E-state index >= 15 is 17.6 Å². The Balaban J connectivity index is 1.57. The topological polar surface area (TPSA) is 24.7 Å². The second-order valence-corrected chi connectivity index (χ2v) is 13.0. The van der Waals surface area contributed by atoms with Gasteiger partial charge < -0.3 is 0 Å². The molecule has 43 heavy (non-hydrogen) atoms. The zero-order chi connectivity index (χ0) is 31.2. The van der Waals surface area contributed by atoms with Crippen LogP contribution in [0.4, 0.5) is 26.3 Å². The first kappa shape index (κ1) is 30.9. The van der Waals surface area contributed by atoms with Gasteiger partial charge >= 0.3 is 17.8 Å². The highest BCUT2D eigenvalue weighted by Crippen LogP contribution is 2.65. The van der Waals surface area contributed by atoms with Crippen molar-refractivity contribution in [2.24, 2.45) is 9.98 Å². The molecule has 5 rings (SSSR count). The third-order valence-corrected chi connectivity index (χ3v) is 9.46. The molecular weight excluding hydrogens is 602 g/mol. The lowest BCUT2D eigenvalue weighted by molar-refractivity contribution is -0.254. The monoisotopic (exact) mass is 630 g/mol. The van der Waals surface area contributed by atoms with Crippen LogP contribution in [0.2, 0.25) is 0 Å². The van der Waals surface area contributed by atoms with Crippen molar-refractivity contribution in [1.82, 2.24) is 0 Å². The Hall–Kier alpha value is -3.50. The van der Waals surface area contributed by atoms with Gasteiger partial charge in [0.1, 0.15) is 0 Å². The second kappa shape index (κ2) is 11.5. The van der Waals surface area contributed by atoms with Gasteiger partial charge in [0.2, 0.25) is 0 Å². The van der Waals surface area contributed by atoms with Crippen molar-refractivity contribution in [3.8, 4) is 0 Å². The molecule has 2 aromatic heterocycles. The highest BCUT2D eigenvalue weighted by molar-refractivity contribution is 7.14. The molecule has 0 amide bonds. The molecule has 2 nitrogen and oxygen atoms in total. The Morgan fingerprint density at radius 1 is 0.605 bits per heavy atom. The van der Waals surface area contributed by atoms with Gasteiger partial charge in [-0.1, -0.05) is 60.7 Å². The van der Waals surface area contributed by atoms with Gasteiger partial charge in [0.05, 0.1) is 12.1 Å². The first-order valence-corrected chi connectivity index (χ1v) is 15.2. The lowest BCUT2D eigenvalue weighted by Gasteiger charge is -2.25. The molecule has 0 aliphatic heterocycles. The number of alkyl halides is 6. The van der Waals surface area contributed by atoms with Crippen LogP contribution >= 0.6 is 22.7 Å². The normalized spacial score (nSPS) is 19.0. The zero-order valence-corrected chi connectivity index (χ0v) is 25.3. The lowest BCUT2D eigenvalue weighted by atomic mass is 9.95. The first-order chi connectivity index (χ1) is 20.3. The van der Waals surface area contributed by atoms with Crippen LogP contribution in [-0.4, -0.2) is 30.2 Å². The summed E-state index contributed by atoms with van der Waals surface area (Å²) in [6.45, 7) is 6.61. The largest absolute Gasteiger partial charge is 0.380 e. The molecule has 4 aromatic rings. The Morgan fingerprint density at radius 2 is 0.953 bits per heavy atom. The summed E-state index contributed by atoms with van der Waals surface area (Å²) in [6.07, 6.45) is 2.92. The average Bonchev–Trinajstić information content (AvgIpc) is 3.56. The van der Waals surface area contributed by atoms with Crippen LogP contribution in [0.5, 0.6) is 0 Å². The third-order valence-electron chi connectivity index (χ3n) is 7.49. The fraction of sp³-hybridized carbons (Fsp3) is 0.273. The summed E-state index contributed by atoms with van der Waals surface area (Å²) in [5.74, 6) is -15.9. The predicted molar refractivity (Wildman–Crippen MR) is 165 cm³/mol. The van der Waals surface area contributed by atoms with Crippen molar-refractivity contribution in [3.05, 3.63) is 115 Å². The lowest BCUT2D eigenvalue weighted by Crippen LogP contribution is -2.48. The quantitative estimate of drug-likeness (QED) is 0.137. The highest BCUT2D eigenvalue weighted by atomic mass is 32.1. The SMILES string of the molecule is Cc1sc(C=NC(C)c2ccccc2)cc1C1=C(c2cc(C=NC(C)c3ccccc3)sc2C)C(F)(F)C(F)(F)C1(F)F. The minimum Gasteiger partial charge on any atom is -0.284 e. The van der Waals surface area contributed by atoms with Crippen LogP contribution < -0.4 is 0 Å². The molecule has 2 heterocycles. The van der Waals surface area contributed by atoms with Crippen molar-refractivity contribution in [2.75, 3.05) is 0 Å². The number of hydrogen-bond donors (Lipinski definition) is 0. The van der Waals surface area contributed by atoms with Crippen molar-refractivity contribution >= 4 is 46.2 Å². The smallest absolute Gasteiger partial charge is 0.284 e. The molecule has 0 N–H and O–H groups in total. The van der Waals surface area contributed by atoms with Crippen LogP contribution in [0.15, 0.2) is 82.8 Å². The molecule has 224 valence electrons. The maximum Gasteiger partial charge on any atom is 0.380 e. The van der Waals surface area contributed by atoms with Crippen molar-refractivity contribution in [3.63, 3.8) is 0 Å². The van der Waals surface area contributed by atoms with Crippen LogP contribution in [0, 0.1) is 13.8 Å². The van der Waals surface area contributed by atoms with E-state index in [-0.39, 0.29) is 33.0 Å².